The van der Waals surface area contributed by atoms with Gasteiger partial charge in [0, 0.05) is 6.54 Å². The number of carbonyl (C=O) groups excluding carboxylic acids is 1. The third-order valence-electron chi connectivity index (χ3n) is 3.24. The summed E-state index contributed by atoms with van der Waals surface area (Å²) in [5.74, 6) is -0.251. The van der Waals surface area contributed by atoms with Crippen molar-refractivity contribution in [2.45, 2.75) is 13.5 Å². The molecule has 0 spiro atoms. The Balaban J connectivity index is 2.25. The summed E-state index contributed by atoms with van der Waals surface area (Å²) in [6.45, 7) is 2.46. The minimum absolute atomic E-state index is 0.139. The van der Waals surface area contributed by atoms with Crippen LogP contribution in [-0.2, 0) is 11.3 Å². The number of para-hydroxylation sites is 1. The minimum atomic E-state index is -0.597. The number of hydrogen-bond donors (Lipinski definition) is 3. The second-order valence-electron chi connectivity index (χ2n) is 5.01. The standard InChI is InChI=1S/C14H18N4O3/c1-9(6-15)7-16-12(19)8-18-13(20)10-4-2-3-5-11(10)17-14(18)21/h2-5,9H,6-8,15H2,1H3,(H,16,19)(H,17,21). The molecule has 2 rings (SSSR count). The molecule has 1 heterocycles. The highest BCUT2D eigenvalue weighted by Crippen LogP contribution is 2.02. The molecule has 2 aromatic rings. The Bertz CT molecular complexity index is 763. The molecule has 7 heteroatoms. The van der Waals surface area contributed by atoms with Crippen LogP contribution in [0.1, 0.15) is 6.92 Å². The maximum atomic E-state index is 12.2. The van der Waals surface area contributed by atoms with Gasteiger partial charge < -0.3 is 16.0 Å². The van der Waals surface area contributed by atoms with E-state index in [4.69, 9.17) is 5.73 Å². The van der Waals surface area contributed by atoms with Crippen LogP contribution in [0.2, 0.25) is 0 Å². The second kappa shape index (κ2) is 6.36. The Morgan fingerprint density at radius 1 is 1.38 bits per heavy atom. The van der Waals surface area contributed by atoms with Crippen molar-refractivity contribution in [2.24, 2.45) is 11.7 Å². The summed E-state index contributed by atoms with van der Waals surface area (Å²) in [6.07, 6.45) is 0. The monoisotopic (exact) mass is 290 g/mol. The summed E-state index contributed by atoms with van der Waals surface area (Å²) in [5, 5.41) is 3.03. The molecule has 112 valence electrons. The smallest absolute Gasteiger partial charge is 0.329 e. The van der Waals surface area contributed by atoms with Gasteiger partial charge in [-0.05, 0) is 24.6 Å². The van der Waals surface area contributed by atoms with Crippen molar-refractivity contribution in [2.75, 3.05) is 13.1 Å². The van der Waals surface area contributed by atoms with Crippen LogP contribution in [0.4, 0.5) is 0 Å². The average molecular weight is 290 g/mol. The Morgan fingerprint density at radius 3 is 2.81 bits per heavy atom. The summed E-state index contributed by atoms with van der Waals surface area (Å²) in [4.78, 5) is 38.5. The predicted octanol–water partition coefficient (Wildman–Crippen LogP) is -0.599. The number of benzene rings is 1. The lowest BCUT2D eigenvalue weighted by Gasteiger charge is -2.11. The number of amides is 1. The van der Waals surface area contributed by atoms with Gasteiger partial charge in [0.1, 0.15) is 6.54 Å². The molecule has 0 aliphatic rings. The number of nitrogens with two attached hydrogens (primary N) is 1. The normalized spacial score (nSPS) is 12.3. The first-order valence-electron chi connectivity index (χ1n) is 6.71. The molecule has 0 fully saturated rings. The fraction of sp³-hybridized carbons (Fsp3) is 0.357. The molecule has 0 aliphatic heterocycles. The number of carbonyl (C=O) groups is 1. The number of hydrogen-bond acceptors (Lipinski definition) is 4. The molecule has 0 aliphatic carbocycles. The molecule has 0 saturated carbocycles. The molecular formula is C14H18N4O3. The van der Waals surface area contributed by atoms with Crippen LogP contribution in [0, 0.1) is 5.92 Å². The van der Waals surface area contributed by atoms with Crippen molar-refractivity contribution in [3.05, 3.63) is 45.1 Å². The Kier molecular flexibility index (Phi) is 4.54. The zero-order valence-corrected chi connectivity index (χ0v) is 11.8. The molecule has 21 heavy (non-hydrogen) atoms. The van der Waals surface area contributed by atoms with E-state index < -0.39 is 17.2 Å². The Labute approximate surface area is 120 Å². The summed E-state index contributed by atoms with van der Waals surface area (Å²) in [6, 6.07) is 6.68. The van der Waals surface area contributed by atoms with Gasteiger partial charge in [-0.25, -0.2) is 4.79 Å². The van der Waals surface area contributed by atoms with Gasteiger partial charge in [-0.3, -0.25) is 14.2 Å². The lowest BCUT2D eigenvalue weighted by molar-refractivity contribution is -0.121. The van der Waals surface area contributed by atoms with Gasteiger partial charge in [-0.2, -0.15) is 0 Å². The number of H-pyrrole nitrogens is 1. The number of rotatable bonds is 5. The number of fused-ring (bicyclic) bond motifs is 1. The molecule has 1 atom stereocenters. The first kappa shape index (κ1) is 15.0. The van der Waals surface area contributed by atoms with Crippen LogP contribution < -0.4 is 22.3 Å². The fourth-order valence-electron chi connectivity index (χ4n) is 1.91. The van der Waals surface area contributed by atoms with E-state index in [0.29, 0.717) is 24.0 Å². The highest BCUT2D eigenvalue weighted by atomic mass is 16.2. The zero-order chi connectivity index (χ0) is 15.4. The molecular weight excluding hydrogens is 272 g/mol. The fourth-order valence-corrected chi connectivity index (χ4v) is 1.91. The Morgan fingerprint density at radius 2 is 2.10 bits per heavy atom. The van der Waals surface area contributed by atoms with Gasteiger partial charge in [0.05, 0.1) is 10.9 Å². The summed E-state index contributed by atoms with van der Waals surface area (Å²) in [7, 11) is 0. The van der Waals surface area contributed by atoms with Crippen molar-refractivity contribution in [3.63, 3.8) is 0 Å². The molecule has 1 aromatic carbocycles. The van der Waals surface area contributed by atoms with Crippen molar-refractivity contribution in [1.29, 1.82) is 0 Å². The van der Waals surface area contributed by atoms with E-state index in [1.165, 1.54) is 0 Å². The largest absolute Gasteiger partial charge is 0.354 e. The van der Waals surface area contributed by atoms with Gasteiger partial charge in [-0.1, -0.05) is 19.1 Å². The van der Waals surface area contributed by atoms with Crippen LogP contribution in [0.3, 0.4) is 0 Å². The van der Waals surface area contributed by atoms with Crippen LogP contribution in [-0.4, -0.2) is 28.5 Å². The number of nitrogens with one attached hydrogen (secondary N) is 2. The van der Waals surface area contributed by atoms with Crippen molar-refractivity contribution in [3.8, 4) is 0 Å². The number of aromatic nitrogens is 2. The van der Waals surface area contributed by atoms with E-state index in [-0.39, 0.29) is 12.5 Å². The van der Waals surface area contributed by atoms with Crippen LogP contribution in [0.15, 0.2) is 33.9 Å². The first-order chi connectivity index (χ1) is 10.0. The first-order valence-corrected chi connectivity index (χ1v) is 6.71. The second-order valence-corrected chi connectivity index (χ2v) is 5.01. The SMILES string of the molecule is CC(CN)CNC(=O)Cn1c(=O)[nH]c2ccccc2c1=O. The van der Waals surface area contributed by atoms with Gasteiger partial charge >= 0.3 is 5.69 Å². The summed E-state index contributed by atoms with van der Waals surface area (Å²) < 4.78 is 0.894. The molecule has 1 unspecified atom stereocenters. The molecule has 4 N–H and O–H groups in total. The average Bonchev–Trinajstić information content (AvgIpc) is 2.49. The predicted molar refractivity (Wildman–Crippen MR) is 80.1 cm³/mol. The topological polar surface area (TPSA) is 110 Å². The number of nitrogens with zero attached hydrogens (tertiary/aromatic N) is 1. The third-order valence-corrected chi connectivity index (χ3v) is 3.24. The van der Waals surface area contributed by atoms with E-state index in [1.54, 1.807) is 24.3 Å². The lowest BCUT2D eigenvalue weighted by Crippen LogP contribution is -2.41. The highest BCUT2D eigenvalue weighted by Gasteiger charge is 2.11. The molecule has 0 saturated heterocycles. The van der Waals surface area contributed by atoms with Crippen molar-refractivity contribution in [1.82, 2.24) is 14.9 Å². The Hall–Kier alpha value is -2.41. The van der Waals surface area contributed by atoms with Crippen molar-refractivity contribution < 1.29 is 4.79 Å². The lowest BCUT2D eigenvalue weighted by atomic mass is 10.2. The van der Waals surface area contributed by atoms with E-state index in [0.717, 1.165) is 4.57 Å². The molecule has 1 aromatic heterocycles. The van der Waals surface area contributed by atoms with E-state index in [2.05, 4.69) is 10.3 Å². The maximum absolute atomic E-state index is 12.2. The quantitative estimate of drug-likeness (QED) is 0.683. The van der Waals surface area contributed by atoms with E-state index in [1.807, 2.05) is 6.92 Å². The van der Waals surface area contributed by atoms with Crippen LogP contribution in [0.5, 0.6) is 0 Å². The van der Waals surface area contributed by atoms with Crippen LogP contribution >= 0.6 is 0 Å². The van der Waals surface area contributed by atoms with Gasteiger partial charge in [0.2, 0.25) is 5.91 Å². The van der Waals surface area contributed by atoms with Gasteiger partial charge in [0.15, 0.2) is 0 Å². The molecule has 0 bridgehead atoms. The van der Waals surface area contributed by atoms with E-state index >= 15 is 0 Å². The summed E-state index contributed by atoms with van der Waals surface area (Å²) in [5.41, 5.74) is 4.85. The summed E-state index contributed by atoms with van der Waals surface area (Å²) >= 11 is 0. The third kappa shape index (κ3) is 3.38. The molecule has 0 radical (unpaired) electrons. The molecule has 7 nitrogen and oxygen atoms in total. The minimum Gasteiger partial charge on any atom is -0.354 e. The zero-order valence-electron chi connectivity index (χ0n) is 11.8. The maximum Gasteiger partial charge on any atom is 0.329 e. The van der Waals surface area contributed by atoms with Crippen molar-refractivity contribution >= 4 is 16.8 Å². The number of aromatic amines is 1. The van der Waals surface area contributed by atoms with E-state index in [9.17, 15) is 14.4 Å². The molecule has 1 amide bonds. The van der Waals surface area contributed by atoms with Gasteiger partial charge in [0.25, 0.3) is 5.56 Å². The highest BCUT2D eigenvalue weighted by molar-refractivity contribution is 5.78. The van der Waals surface area contributed by atoms with Gasteiger partial charge in [-0.15, -0.1) is 0 Å². The van der Waals surface area contributed by atoms with Crippen LogP contribution in [0.25, 0.3) is 10.9 Å².